The van der Waals surface area contributed by atoms with E-state index in [1.54, 1.807) is 0 Å². The first-order chi connectivity index (χ1) is 9.70. The third-order valence-electron chi connectivity index (χ3n) is 4.05. The predicted octanol–water partition coefficient (Wildman–Crippen LogP) is 3.15. The van der Waals surface area contributed by atoms with Crippen molar-refractivity contribution < 1.29 is 9.47 Å². The van der Waals surface area contributed by atoms with E-state index in [1.807, 2.05) is 0 Å². The van der Waals surface area contributed by atoms with Gasteiger partial charge in [-0.15, -0.1) is 0 Å². The number of nitrogens with one attached hydrogen (secondary N) is 1. The molecule has 1 unspecified atom stereocenters. The van der Waals surface area contributed by atoms with Crippen molar-refractivity contribution in [2.75, 3.05) is 26.4 Å². The maximum Gasteiger partial charge on any atom is 0.0665 e. The molecule has 3 nitrogen and oxygen atoms in total. The molecule has 3 heteroatoms. The summed E-state index contributed by atoms with van der Waals surface area (Å²) < 4.78 is 11.5. The SMILES string of the molecule is CCNC(COC1CCOCC1)c1ccc(C)c(C)c1. The first-order valence-electron chi connectivity index (χ1n) is 7.70. The summed E-state index contributed by atoms with van der Waals surface area (Å²) >= 11 is 0. The lowest BCUT2D eigenvalue weighted by Crippen LogP contribution is -2.30. The van der Waals surface area contributed by atoms with Gasteiger partial charge in [0.25, 0.3) is 0 Å². The molecule has 0 saturated carbocycles. The molecule has 1 aromatic rings. The number of hydrogen-bond acceptors (Lipinski definition) is 3. The molecule has 0 aliphatic carbocycles. The Kier molecular flexibility index (Phi) is 6.02. The van der Waals surface area contributed by atoms with Crippen molar-refractivity contribution >= 4 is 0 Å². The molecule has 20 heavy (non-hydrogen) atoms. The van der Waals surface area contributed by atoms with Crippen LogP contribution in [0.15, 0.2) is 18.2 Å². The van der Waals surface area contributed by atoms with Crippen molar-refractivity contribution in [2.45, 2.75) is 45.8 Å². The predicted molar refractivity (Wildman–Crippen MR) is 82.1 cm³/mol. The summed E-state index contributed by atoms with van der Waals surface area (Å²) in [6, 6.07) is 6.96. The molecule has 1 N–H and O–H groups in total. The van der Waals surface area contributed by atoms with Crippen LogP contribution in [0.4, 0.5) is 0 Å². The highest BCUT2D eigenvalue weighted by Crippen LogP contribution is 2.20. The molecule has 1 saturated heterocycles. The molecule has 1 heterocycles. The van der Waals surface area contributed by atoms with E-state index in [9.17, 15) is 0 Å². The van der Waals surface area contributed by atoms with Crippen LogP contribution in [0.3, 0.4) is 0 Å². The van der Waals surface area contributed by atoms with Gasteiger partial charge in [0.1, 0.15) is 0 Å². The number of likely N-dealkylation sites (N-methyl/N-ethyl adjacent to an activating group) is 1. The average molecular weight is 277 g/mol. The molecule has 0 bridgehead atoms. The highest BCUT2D eigenvalue weighted by atomic mass is 16.5. The van der Waals surface area contributed by atoms with Crippen LogP contribution < -0.4 is 5.32 Å². The Balaban J connectivity index is 1.96. The average Bonchev–Trinajstić information content (AvgIpc) is 2.47. The Morgan fingerprint density at radius 3 is 2.65 bits per heavy atom. The summed E-state index contributed by atoms with van der Waals surface area (Å²) in [5, 5.41) is 3.53. The van der Waals surface area contributed by atoms with Crippen molar-refractivity contribution in [3.63, 3.8) is 0 Å². The van der Waals surface area contributed by atoms with E-state index in [-0.39, 0.29) is 6.04 Å². The lowest BCUT2D eigenvalue weighted by atomic mass is 10.0. The van der Waals surface area contributed by atoms with Crippen LogP contribution in [0.5, 0.6) is 0 Å². The van der Waals surface area contributed by atoms with E-state index in [2.05, 4.69) is 44.3 Å². The van der Waals surface area contributed by atoms with Crippen molar-refractivity contribution in [3.05, 3.63) is 34.9 Å². The summed E-state index contributed by atoms with van der Waals surface area (Å²) in [4.78, 5) is 0. The van der Waals surface area contributed by atoms with Gasteiger partial charge in [0.05, 0.1) is 18.8 Å². The monoisotopic (exact) mass is 277 g/mol. The topological polar surface area (TPSA) is 30.5 Å². The minimum atomic E-state index is 0.280. The van der Waals surface area contributed by atoms with E-state index in [1.165, 1.54) is 16.7 Å². The van der Waals surface area contributed by atoms with Gasteiger partial charge in [-0.2, -0.15) is 0 Å². The number of rotatable bonds is 6. The van der Waals surface area contributed by atoms with Gasteiger partial charge in [-0.1, -0.05) is 25.1 Å². The molecule has 0 amide bonds. The molecule has 0 radical (unpaired) electrons. The van der Waals surface area contributed by atoms with E-state index >= 15 is 0 Å². The lowest BCUT2D eigenvalue weighted by Gasteiger charge is -2.26. The second-order valence-electron chi connectivity index (χ2n) is 5.60. The number of aryl methyl sites for hydroxylation is 2. The Labute approximate surface area is 122 Å². The number of hydrogen-bond donors (Lipinski definition) is 1. The fraction of sp³-hybridized carbons (Fsp3) is 0.647. The van der Waals surface area contributed by atoms with Crippen molar-refractivity contribution in [3.8, 4) is 0 Å². The summed E-state index contributed by atoms with van der Waals surface area (Å²) in [6.45, 7) is 9.82. The van der Waals surface area contributed by atoms with Gasteiger partial charge in [-0.25, -0.2) is 0 Å². The van der Waals surface area contributed by atoms with Gasteiger partial charge in [-0.05, 0) is 49.9 Å². The second kappa shape index (κ2) is 7.77. The summed E-state index contributed by atoms with van der Waals surface area (Å²) in [7, 11) is 0. The Bertz CT molecular complexity index is 413. The molecule has 1 aliphatic heterocycles. The third-order valence-corrected chi connectivity index (χ3v) is 4.05. The van der Waals surface area contributed by atoms with Crippen LogP contribution in [-0.4, -0.2) is 32.5 Å². The number of ether oxygens (including phenoxy) is 2. The van der Waals surface area contributed by atoms with Crippen molar-refractivity contribution in [1.29, 1.82) is 0 Å². The lowest BCUT2D eigenvalue weighted by molar-refractivity contribution is -0.0382. The Morgan fingerprint density at radius 2 is 2.00 bits per heavy atom. The molecule has 0 spiro atoms. The largest absolute Gasteiger partial charge is 0.381 e. The van der Waals surface area contributed by atoms with Crippen LogP contribution in [0, 0.1) is 13.8 Å². The van der Waals surface area contributed by atoms with Gasteiger partial charge in [0.2, 0.25) is 0 Å². The van der Waals surface area contributed by atoms with Gasteiger partial charge in [0.15, 0.2) is 0 Å². The molecule has 1 atom stereocenters. The quantitative estimate of drug-likeness (QED) is 0.866. The highest BCUT2D eigenvalue weighted by molar-refractivity contribution is 5.31. The zero-order valence-corrected chi connectivity index (χ0v) is 12.9. The molecule has 0 aromatic heterocycles. The number of benzene rings is 1. The van der Waals surface area contributed by atoms with Crippen LogP contribution >= 0.6 is 0 Å². The minimum Gasteiger partial charge on any atom is -0.381 e. The minimum absolute atomic E-state index is 0.280. The molecule has 112 valence electrons. The summed E-state index contributed by atoms with van der Waals surface area (Å²) in [5.74, 6) is 0. The van der Waals surface area contributed by atoms with E-state index in [0.717, 1.165) is 39.2 Å². The van der Waals surface area contributed by atoms with E-state index < -0.39 is 0 Å². The molecular weight excluding hydrogens is 250 g/mol. The summed E-state index contributed by atoms with van der Waals surface area (Å²) in [6.07, 6.45) is 2.40. The zero-order valence-electron chi connectivity index (χ0n) is 12.9. The van der Waals surface area contributed by atoms with Crippen LogP contribution in [0.1, 0.15) is 42.5 Å². The molecule has 1 aliphatic rings. The second-order valence-corrected chi connectivity index (χ2v) is 5.60. The van der Waals surface area contributed by atoms with E-state index in [0.29, 0.717) is 6.10 Å². The van der Waals surface area contributed by atoms with Gasteiger partial charge in [-0.3, -0.25) is 0 Å². The normalized spacial score (nSPS) is 18.1. The van der Waals surface area contributed by atoms with Crippen molar-refractivity contribution in [1.82, 2.24) is 5.32 Å². The molecule has 2 rings (SSSR count). The Morgan fingerprint density at radius 1 is 1.25 bits per heavy atom. The fourth-order valence-electron chi connectivity index (χ4n) is 2.58. The summed E-state index contributed by atoms with van der Waals surface area (Å²) in [5.41, 5.74) is 4.01. The standard InChI is InChI=1S/C17H27NO2/c1-4-18-17(12-20-16-7-9-19-10-8-16)15-6-5-13(2)14(3)11-15/h5-6,11,16-18H,4,7-10,12H2,1-3H3. The van der Waals surface area contributed by atoms with Crippen LogP contribution in [0.2, 0.25) is 0 Å². The highest BCUT2D eigenvalue weighted by Gasteiger charge is 2.17. The van der Waals surface area contributed by atoms with Crippen molar-refractivity contribution in [2.24, 2.45) is 0 Å². The fourth-order valence-corrected chi connectivity index (χ4v) is 2.58. The molecule has 1 fully saturated rings. The van der Waals surface area contributed by atoms with Gasteiger partial charge in [0, 0.05) is 13.2 Å². The Hall–Kier alpha value is -0.900. The maximum absolute atomic E-state index is 6.08. The van der Waals surface area contributed by atoms with Crippen LogP contribution in [-0.2, 0) is 9.47 Å². The van der Waals surface area contributed by atoms with Crippen LogP contribution in [0.25, 0.3) is 0 Å². The zero-order chi connectivity index (χ0) is 14.4. The first kappa shape index (κ1) is 15.5. The first-order valence-corrected chi connectivity index (χ1v) is 7.70. The molecule has 1 aromatic carbocycles. The molecular formula is C17H27NO2. The van der Waals surface area contributed by atoms with Gasteiger partial charge < -0.3 is 14.8 Å². The van der Waals surface area contributed by atoms with E-state index in [4.69, 9.17) is 9.47 Å². The third kappa shape index (κ3) is 4.30. The smallest absolute Gasteiger partial charge is 0.0665 e. The van der Waals surface area contributed by atoms with Gasteiger partial charge >= 0.3 is 0 Å². The maximum atomic E-state index is 6.08.